The summed E-state index contributed by atoms with van der Waals surface area (Å²) in [5, 5.41) is 3.26. The van der Waals surface area contributed by atoms with Gasteiger partial charge in [-0.15, -0.1) is 75.8 Å². The average molecular weight is 362 g/mol. The van der Waals surface area contributed by atoms with Crippen LogP contribution in [0.5, 0.6) is 0 Å². The summed E-state index contributed by atoms with van der Waals surface area (Å²) in [6.45, 7) is 0. The Hall–Kier alpha value is 0.340. The Morgan fingerprint density at radius 2 is 1.11 bits per heavy atom. The van der Waals surface area contributed by atoms with Crippen LogP contribution >= 0.6 is 75.8 Å². The molecule has 0 aromatic heterocycles. The number of hydrogen-bond donors (Lipinski definition) is 7. The molecule has 0 unspecified atom stereocenters. The van der Waals surface area contributed by atoms with Crippen molar-refractivity contribution in [3.8, 4) is 0 Å². The van der Waals surface area contributed by atoms with Gasteiger partial charge in [-0.2, -0.15) is 0 Å². The Labute approximate surface area is 145 Å². The fourth-order valence-corrected chi connectivity index (χ4v) is 3.32. The first-order valence-corrected chi connectivity index (χ1v) is 7.85. The molecule has 0 aliphatic heterocycles. The SMILES string of the molecule is Sc1ccccc1Nc1c(S)c(S)c(S)c(S)c1S. The number of nitrogens with one attached hydrogen (secondary N) is 1. The van der Waals surface area contributed by atoms with Crippen LogP contribution in [0, 0.1) is 0 Å². The number of anilines is 2. The van der Waals surface area contributed by atoms with Gasteiger partial charge in [-0.3, -0.25) is 0 Å². The van der Waals surface area contributed by atoms with E-state index in [2.05, 4.69) is 81.1 Å². The van der Waals surface area contributed by atoms with Gasteiger partial charge in [-0.05, 0) is 12.1 Å². The van der Waals surface area contributed by atoms with E-state index in [1.165, 1.54) is 0 Å². The van der Waals surface area contributed by atoms with E-state index in [9.17, 15) is 0 Å². The van der Waals surface area contributed by atoms with Crippen LogP contribution in [0.4, 0.5) is 11.4 Å². The Morgan fingerprint density at radius 1 is 0.632 bits per heavy atom. The molecule has 0 fully saturated rings. The maximum absolute atomic E-state index is 4.47. The van der Waals surface area contributed by atoms with Crippen LogP contribution < -0.4 is 5.32 Å². The number of para-hydroxylation sites is 1. The molecular formula is C12H11NS6. The van der Waals surface area contributed by atoms with Gasteiger partial charge in [0.2, 0.25) is 0 Å². The van der Waals surface area contributed by atoms with Gasteiger partial charge >= 0.3 is 0 Å². The van der Waals surface area contributed by atoms with Crippen molar-refractivity contribution in [2.24, 2.45) is 0 Å². The van der Waals surface area contributed by atoms with Gasteiger partial charge < -0.3 is 5.32 Å². The molecule has 0 bridgehead atoms. The lowest BCUT2D eigenvalue weighted by Gasteiger charge is -2.18. The number of thiol groups is 6. The maximum atomic E-state index is 4.47. The molecule has 0 saturated carbocycles. The van der Waals surface area contributed by atoms with Crippen molar-refractivity contribution in [1.82, 2.24) is 0 Å². The largest absolute Gasteiger partial charge is 0.353 e. The predicted molar refractivity (Wildman–Crippen MR) is 99.7 cm³/mol. The topological polar surface area (TPSA) is 12.0 Å². The highest BCUT2D eigenvalue weighted by molar-refractivity contribution is 7.87. The molecule has 0 heterocycles. The summed E-state index contributed by atoms with van der Waals surface area (Å²) in [5.74, 6) is 0. The summed E-state index contributed by atoms with van der Waals surface area (Å²) in [5.41, 5.74) is 1.60. The molecule has 1 N–H and O–H groups in total. The number of rotatable bonds is 2. The van der Waals surface area contributed by atoms with Gasteiger partial charge in [-0.1, -0.05) is 12.1 Å². The van der Waals surface area contributed by atoms with Gasteiger partial charge in [0.15, 0.2) is 0 Å². The zero-order chi connectivity index (χ0) is 14.2. The van der Waals surface area contributed by atoms with Crippen LogP contribution in [0.3, 0.4) is 0 Å². The minimum Gasteiger partial charge on any atom is -0.353 e. The minimum atomic E-state index is 0.659. The van der Waals surface area contributed by atoms with Crippen molar-refractivity contribution < 1.29 is 0 Å². The molecule has 0 spiro atoms. The Balaban J connectivity index is 2.56. The second-order valence-electron chi connectivity index (χ2n) is 3.76. The zero-order valence-corrected chi connectivity index (χ0v) is 14.9. The molecule has 2 aromatic rings. The fraction of sp³-hybridized carbons (Fsp3) is 0. The van der Waals surface area contributed by atoms with E-state index in [-0.39, 0.29) is 0 Å². The highest BCUT2D eigenvalue weighted by atomic mass is 32.1. The first kappa shape index (κ1) is 15.7. The molecule has 7 heteroatoms. The summed E-state index contributed by atoms with van der Waals surface area (Å²) in [6, 6.07) is 7.67. The highest BCUT2D eigenvalue weighted by Crippen LogP contribution is 2.44. The second-order valence-corrected chi connectivity index (χ2v) is 6.48. The van der Waals surface area contributed by atoms with Gasteiger partial charge in [0.05, 0.1) is 11.4 Å². The second kappa shape index (κ2) is 6.41. The molecular weight excluding hydrogens is 351 g/mol. The van der Waals surface area contributed by atoms with Crippen LogP contribution in [0.15, 0.2) is 53.6 Å². The smallest absolute Gasteiger partial charge is 0.0679 e. The molecule has 0 saturated heterocycles. The number of hydrogen-bond acceptors (Lipinski definition) is 7. The lowest BCUT2D eigenvalue weighted by atomic mass is 10.2. The van der Waals surface area contributed by atoms with Crippen molar-refractivity contribution in [2.45, 2.75) is 29.4 Å². The lowest BCUT2D eigenvalue weighted by Crippen LogP contribution is -1.97. The van der Waals surface area contributed by atoms with Crippen LogP contribution in [0.25, 0.3) is 0 Å². The van der Waals surface area contributed by atoms with Crippen LogP contribution in [-0.4, -0.2) is 0 Å². The predicted octanol–water partition coefficient (Wildman–Crippen LogP) is 5.16. The minimum absolute atomic E-state index is 0.659. The van der Waals surface area contributed by atoms with E-state index in [1.54, 1.807) is 0 Å². The monoisotopic (exact) mass is 361 g/mol. The third kappa shape index (κ3) is 3.16. The van der Waals surface area contributed by atoms with Crippen LogP contribution in [-0.2, 0) is 0 Å². The van der Waals surface area contributed by atoms with Gasteiger partial charge in [0, 0.05) is 29.4 Å². The molecule has 2 rings (SSSR count). The van der Waals surface area contributed by atoms with Crippen LogP contribution in [0.2, 0.25) is 0 Å². The Bertz CT molecular complexity index is 611. The van der Waals surface area contributed by atoms with E-state index < -0.39 is 0 Å². The van der Waals surface area contributed by atoms with E-state index >= 15 is 0 Å². The first-order chi connectivity index (χ1) is 8.93. The van der Waals surface area contributed by atoms with Crippen molar-refractivity contribution in [3.05, 3.63) is 24.3 Å². The third-order valence-electron chi connectivity index (χ3n) is 2.53. The van der Waals surface area contributed by atoms with Gasteiger partial charge in [0.1, 0.15) is 0 Å². The molecule has 2 aromatic carbocycles. The summed E-state index contributed by atoms with van der Waals surface area (Å²) >= 11 is 26.5. The van der Waals surface area contributed by atoms with Crippen molar-refractivity contribution >= 4 is 87.1 Å². The molecule has 0 aliphatic carbocycles. The quantitative estimate of drug-likeness (QED) is 0.367. The fourth-order valence-electron chi connectivity index (χ4n) is 1.52. The normalized spacial score (nSPS) is 10.6. The van der Waals surface area contributed by atoms with Gasteiger partial charge in [-0.25, -0.2) is 0 Å². The van der Waals surface area contributed by atoms with Crippen LogP contribution in [0.1, 0.15) is 0 Å². The summed E-state index contributed by atoms with van der Waals surface area (Å²) in [7, 11) is 0. The third-order valence-corrected chi connectivity index (χ3v) is 5.87. The summed E-state index contributed by atoms with van der Waals surface area (Å²) in [4.78, 5) is 4.16. The standard InChI is InChI=1S/C12H11NS6/c14-6-4-2-1-3-5(6)13-7-8(15)10(17)12(19)11(18)9(7)16/h1-4,13-19H. The molecule has 0 atom stereocenters. The first-order valence-electron chi connectivity index (χ1n) is 5.17. The Morgan fingerprint density at radius 3 is 1.63 bits per heavy atom. The molecule has 0 aliphatic rings. The van der Waals surface area contributed by atoms with E-state index in [1.807, 2.05) is 24.3 Å². The van der Waals surface area contributed by atoms with Crippen molar-refractivity contribution in [3.63, 3.8) is 0 Å². The van der Waals surface area contributed by atoms with E-state index in [0.717, 1.165) is 16.3 Å². The van der Waals surface area contributed by atoms with Gasteiger partial charge in [0.25, 0.3) is 0 Å². The van der Waals surface area contributed by atoms with Crippen molar-refractivity contribution in [2.75, 3.05) is 5.32 Å². The van der Waals surface area contributed by atoms with E-state index in [0.29, 0.717) is 24.5 Å². The molecule has 19 heavy (non-hydrogen) atoms. The maximum Gasteiger partial charge on any atom is 0.0679 e. The molecule has 100 valence electrons. The summed E-state index contributed by atoms with van der Waals surface area (Å²) in [6.07, 6.45) is 0. The van der Waals surface area contributed by atoms with Crippen molar-refractivity contribution in [1.29, 1.82) is 0 Å². The zero-order valence-electron chi connectivity index (χ0n) is 9.49. The average Bonchev–Trinajstić information content (AvgIpc) is 2.41. The Kier molecular flexibility index (Phi) is 5.30. The van der Waals surface area contributed by atoms with E-state index in [4.69, 9.17) is 0 Å². The number of benzene rings is 2. The molecule has 1 nitrogen and oxygen atoms in total. The molecule has 0 amide bonds. The molecule has 0 radical (unpaired) electrons. The lowest BCUT2D eigenvalue weighted by molar-refractivity contribution is 0.984. The highest BCUT2D eigenvalue weighted by Gasteiger charge is 2.16. The summed E-state index contributed by atoms with van der Waals surface area (Å²) < 4.78 is 0.